The van der Waals surface area contributed by atoms with Crippen LogP contribution in [0.5, 0.6) is 5.75 Å². The van der Waals surface area contributed by atoms with Crippen LogP contribution >= 0.6 is 11.3 Å². The van der Waals surface area contributed by atoms with E-state index in [4.69, 9.17) is 0 Å². The number of halogens is 2. The molecule has 8 heteroatoms. The van der Waals surface area contributed by atoms with Gasteiger partial charge >= 0.3 is 0 Å². The standard InChI is InChI=1S/C15H17F2N3O2S/c1-15(16,17)9-19-4-6-20(7-5-19)14(22)13-18-11-3-2-10(21)8-12(11)23-13/h2-3,8,21H,4-7,9H2,1H3. The third-order valence-corrected chi connectivity index (χ3v) is 4.72. The summed E-state index contributed by atoms with van der Waals surface area (Å²) in [5.74, 6) is -2.77. The average Bonchev–Trinajstić information content (AvgIpc) is 2.88. The monoisotopic (exact) mass is 341 g/mol. The SMILES string of the molecule is CC(F)(F)CN1CCN(C(=O)c2nc3ccc(O)cc3s2)CC1. The van der Waals surface area contributed by atoms with Crippen LogP contribution in [0.15, 0.2) is 18.2 Å². The van der Waals surface area contributed by atoms with Crippen LogP contribution in [0.3, 0.4) is 0 Å². The normalized spacial score (nSPS) is 16.9. The van der Waals surface area contributed by atoms with Gasteiger partial charge in [-0.1, -0.05) is 0 Å². The Kier molecular flexibility index (Phi) is 4.20. The second-order valence-corrected chi connectivity index (χ2v) is 6.84. The molecule has 1 aliphatic heterocycles. The van der Waals surface area contributed by atoms with Crippen LogP contribution in [0.4, 0.5) is 8.78 Å². The zero-order chi connectivity index (χ0) is 16.6. The molecule has 2 heterocycles. The zero-order valence-electron chi connectivity index (χ0n) is 12.6. The maximum atomic E-state index is 13.0. The Labute approximate surface area is 136 Å². The van der Waals surface area contributed by atoms with Gasteiger partial charge in [-0.25, -0.2) is 13.8 Å². The number of hydrogen-bond acceptors (Lipinski definition) is 5. The lowest BCUT2D eigenvalue weighted by molar-refractivity contribution is -0.0240. The minimum atomic E-state index is -2.72. The van der Waals surface area contributed by atoms with Crippen molar-refractivity contribution < 1.29 is 18.7 Å². The number of phenolic OH excluding ortho intramolecular Hbond substituents is 1. The highest BCUT2D eigenvalue weighted by Gasteiger charge is 2.29. The third-order valence-electron chi connectivity index (χ3n) is 3.72. The van der Waals surface area contributed by atoms with E-state index < -0.39 is 5.92 Å². The van der Waals surface area contributed by atoms with E-state index in [0.717, 1.165) is 11.6 Å². The summed E-state index contributed by atoms with van der Waals surface area (Å²) in [4.78, 5) is 20.1. The average molecular weight is 341 g/mol. The number of benzene rings is 1. The molecule has 5 nitrogen and oxygen atoms in total. The number of fused-ring (bicyclic) bond motifs is 1. The van der Waals surface area contributed by atoms with E-state index in [1.165, 1.54) is 17.4 Å². The fourth-order valence-electron chi connectivity index (χ4n) is 2.64. The maximum absolute atomic E-state index is 13.0. The predicted octanol–water partition coefficient (Wildman–Crippen LogP) is 2.41. The molecule has 0 unspecified atom stereocenters. The predicted molar refractivity (Wildman–Crippen MR) is 84.2 cm³/mol. The Morgan fingerprint density at radius 3 is 2.70 bits per heavy atom. The molecule has 3 rings (SSSR count). The second kappa shape index (κ2) is 6.01. The Balaban J connectivity index is 1.66. The number of carbonyl (C=O) groups is 1. The number of aromatic hydroxyl groups is 1. The Morgan fingerprint density at radius 1 is 1.35 bits per heavy atom. The number of rotatable bonds is 3. The molecule has 1 N–H and O–H groups in total. The summed E-state index contributed by atoms with van der Waals surface area (Å²) in [6, 6.07) is 4.77. The van der Waals surface area contributed by atoms with Crippen molar-refractivity contribution >= 4 is 27.5 Å². The largest absolute Gasteiger partial charge is 0.508 e. The molecule has 0 atom stereocenters. The lowest BCUT2D eigenvalue weighted by Gasteiger charge is -2.35. The second-order valence-electron chi connectivity index (χ2n) is 5.81. The molecule has 23 heavy (non-hydrogen) atoms. The topological polar surface area (TPSA) is 56.7 Å². The number of hydrogen-bond donors (Lipinski definition) is 1. The van der Waals surface area contributed by atoms with Crippen molar-refractivity contribution in [2.75, 3.05) is 32.7 Å². The first kappa shape index (κ1) is 16.1. The molecule has 1 aromatic carbocycles. The summed E-state index contributed by atoms with van der Waals surface area (Å²) in [5.41, 5.74) is 0.667. The van der Waals surface area contributed by atoms with E-state index in [9.17, 15) is 18.7 Å². The van der Waals surface area contributed by atoms with E-state index >= 15 is 0 Å². The molecule has 1 amide bonds. The Hall–Kier alpha value is -1.80. The number of amides is 1. The molecule has 0 spiro atoms. The molecule has 1 saturated heterocycles. The molecule has 2 aromatic rings. The summed E-state index contributed by atoms with van der Waals surface area (Å²) in [7, 11) is 0. The number of nitrogens with zero attached hydrogens (tertiary/aromatic N) is 3. The van der Waals surface area contributed by atoms with Crippen LogP contribution in [0.1, 0.15) is 16.7 Å². The van der Waals surface area contributed by atoms with Crippen LogP contribution in [0.25, 0.3) is 10.2 Å². The quantitative estimate of drug-likeness (QED) is 0.931. The number of phenols is 1. The number of alkyl halides is 2. The van der Waals surface area contributed by atoms with Gasteiger partial charge in [0.25, 0.3) is 11.8 Å². The number of piperazine rings is 1. The van der Waals surface area contributed by atoms with Crippen molar-refractivity contribution in [2.24, 2.45) is 0 Å². The number of thiazole rings is 1. The first-order valence-electron chi connectivity index (χ1n) is 7.31. The molecule has 1 aliphatic rings. The van der Waals surface area contributed by atoms with Crippen LogP contribution in [0, 0.1) is 0 Å². The van der Waals surface area contributed by atoms with Crippen LogP contribution < -0.4 is 0 Å². The van der Waals surface area contributed by atoms with Gasteiger partial charge in [-0.15, -0.1) is 11.3 Å². The molecule has 0 bridgehead atoms. The van der Waals surface area contributed by atoms with Crippen molar-refractivity contribution in [3.63, 3.8) is 0 Å². The molecule has 1 fully saturated rings. The lowest BCUT2D eigenvalue weighted by Crippen LogP contribution is -2.51. The molecule has 0 aliphatic carbocycles. The summed E-state index contributed by atoms with van der Waals surface area (Å²) in [5, 5.41) is 9.83. The van der Waals surface area contributed by atoms with Gasteiger partial charge in [0.15, 0.2) is 5.01 Å². The lowest BCUT2D eigenvalue weighted by atomic mass is 10.2. The highest BCUT2D eigenvalue weighted by Crippen LogP contribution is 2.26. The van der Waals surface area contributed by atoms with Gasteiger partial charge in [-0.3, -0.25) is 9.69 Å². The van der Waals surface area contributed by atoms with Gasteiger partial charge in [0.05, 0.1) is 16.8 Å². The fourth-order valence-corrected chi connectivity index (χ4v) is 3.61. The highest BCUT2D eigenvalue weighted by atomic mass is 32.1. The summed E-state index contributed by atoms with van der Waals surface area (Å²) < 4.78 is 26.8. The van der Waals surface area contributed by atoms with E-state index in [-0.39, 0.29) is 18.2 Å². The first-order chi connectivity index (χ1) is 10.8. The van der Waals surface area contributed by atoms with Gasteiger partial charge in [0.1, 0.15) is 5.75 Å². The summed E-state index contributed by atoms with van der Waals surface area (Å²) in [6.07, 6.45) is 0. The van der Waals surface area contributed by atoms with Crippen LogP contribution in [-0.2, 0) is 0 Å². The zero-order valence-corrected chi connectivity index (χ0v) is 13.4. The molecule has 0 radical (unpaired) electrons. The van der Waals surface area contributed by atoms with E-state index in [0.29, 0.717) is 36.7 Å². The van der Waals surface area contributed by atoms with Gasteiger partial charge in [-0.05, 0) is 18.2 Å². The highest BCUT2D eigenvalue weighted by molar-refractivity contribution is 7.20. The van der Waals surface area contributed by atoms with Crippen molar-refractivity contribution in [1.82, 2.24) is 14.8 Å². The van der Waals surface area contributed by atoms with Crippen LogP contribution in [-0.4, -0.2) is 64.4 Å². The van der Waals surface area contributed by atoms with E-state index in [2.05, 4.69) is 4.98 Å². The molecular weight excluding hydrogens is 324 g/mol. The van der Waals surface area contributed by atoms with Crippen molar-refractivity contribution in [1.29, 1.82) is 0 Å². The molecule has 1 aromatic heterocycles. The smallest absolute Gasteiger partial charge is 0.282 e. The van der Waals surface area contributed by atoms with Gasteiger partial charge in [0, 0.05) is 33.1 Å². The third kappa shape index (κ3) is 3.76. The maximum Gasteiger partial charge on any atom is 0.282 e. The minimum Gasteiger partial charge on any atom is -0.508 e. The van der Waals surface area contributed by atoms with Gasteiger partial charge in [-0.2, -0.15) is 0 Å². The van der Waals surface area contributed by atoms with E-state index in [1.54, 1.807) is 21.9 Å². The fraction of sp³-hybridized carbons (Fsp3) is 0.467. The van der Waals surface area contributed by atoms with Crippen molar-refractivity contribution in [3.8, 4) is 5.75 Å². The van der Waals surface area contributed by atoms with Crippen LogP contribution in [0.2, 0.25) is 0 Å². The van der Waals surface area contributed by atoms with Crippen molar-refractivity contribution in [2.45, 2.75) is 12.8 Å². The summed E-state index contributed by atoms with van der Waals surface area (Å²) >= 11 is 1.23. The van der Waals surface area contributed by atoms with Gasteiger partial charge in [0.2, 0.25) is 0 Å². The Bertz CT molecular complexity index is 721. The number of carbonyl (C=O) groups excluding carboxylic acids is 1. The van der Waals surface area contributed by atoms with Gasteiger partial charge < -0.3 is 10.0 Å². The first-order valence-corrected chi connectivity index (χ1v) is 8.12. The molecular formula is C15H17F2N3O2S. The Morgan fingerprint density at radius 2 is 2.04 bits per heavy atom. The summed E-state index contributed by atoms with van der Waals surface area (Å²) in [6.45, 7) is 2.31. The minimum absolute atomic E-state index is 0.134. The molecule has 124 valence electrons. The van der Waals surface area contributed by atoms with E-state index in [1.807, 2.05) is 0 Å². The van der Waals surface area contributed by atoms with Crippen molar-refractivity contribution in [3.05, 3.63) is 23.2 Å². The molecule has 0 saturated carbocycles. The number of aromatic nitrogens is 1.